The summed E-state index contributed by atoms with van der Waals surface area (Å²) in [5.74, 6) is 0.379. The van der Waals surface area contributed by atoms with Crippen LogP contribution in [-0.2, 0) is 6.54 Å². The van der Waals surface area contributed by atoms with Gasteiger partial charge in [-0.1, -0.05) is 13.0 Å². The Morgan fingerprint density at radius 3 is 2.82 bits per heavy atom. The van der Waals surface area contributed by atoms with E-state index in [1.54, 1.807) is 17.5 Å². The van der Waals surface area contributed by atoms with Crippen LogP contribution < -0.4 is 21.5 Å². The van der Waals surface area contributed by atoms with Gasteiger partial charge in [0, 0.05) is 30.4 Å². The molecule has 34 heavy (non-hydrogen) atoms. The Morgan fingerprint density at radius 1 is 1.26 bits per heavy atom. The second-order valence-electron chi connectivity index (χ2n) is 8.44. The number of nitrogens with zero attached hydrogens (tertiary/aromatic N) is 4. The standard InChI is InChI=1S/C24H31N7O2S/c1-2-11-33-23-21(26)18(25)12-20(30-23)22(32)28-13-16-6-9-31(10-7-16)15-17-14-29-24(34-17)19-5-3-4-8-27-19/h3-5,8,12,14,16H,2,6-7,9-11,13,15,26H2,1H3,(H2,25,30)(H,28,32). The van der Waals surface area contributed by atoms with Crippen LogP contribution in [0.2, 0.25) is 0 Å². The highest BCUT2D eigenvalue weighted by molar-refractivity contribution is 7.14. The highest BCUT2D eigenvalue weighted by Gasteiger charge is 2.22. The second kappa shape index (κ2) is 11.3. The Balaban J connectivity index is 1.24. The summed E-state index contributed by atoms with van der Waals surface area (Å²) < 4.78 is 5.53. The summed E-state index contributed by atoms with van der Waals surface area (Å²) in [5.41, 5.74) is 13.6. The Kier molecular flexibility index (Phi) is 7.91. The van der Waals surface area contributed by atoms with Gasteiger partial charge in [-0.05, 0) is 56.5 Å². The van der Waals surface area contributed by atoms with Gasteiger partial charge in [-0.25, -0.2) is 9.97 Å². The number of nitrogen functional groups attached to an aromatic ring is 2. The maximum Gasteiger partial charge on any atom is 0.270 e. The quantitative estimate of drug-likeness (QED) is 0.424. The van der Waals surface area contributed by atoms with Crippen LogP contribution in [-0.4, -0.2) is 52.0 Å². The number of hydrogen-bond acceptors (Lipinski definition) is 9. The van der Waals surface area contributed by atoms with E-state index in [2.05, 4.69) is 25.2 Å². The number of ether oxygens (including phenoxy) is 1. The number of pyridine rings is 2. The van der Waals surface area contributed by atoms with E-state index in [-0.39, 0.29) is 23.2 Å². The predicted molar refractivity (Wildman–Crippen MR) is 135 cm³/mol. The molecule has 0 saturated carbocycles. The summed E-state index contributed by atoms with van der Waals surface area (Å²) in [6, 6.07) is 7.37. The molecule has 1 aliphatic rings. The average Bonchev–Trinajstić information content (AvgIpc) is 3.33. The number of nitrogens with one attached hydrogen (secondary N) is 1. The number of thiazole rings is 1. The van der Waals surface area contributed by atoms with Crippen LogP contribution in [0.15, 0.2) is 36.7 Å². The van der Waals surface area contributed by atoms with Crippen molar-refractivity contribution in [3.8, 4) is 16.6 Å². The van der Waals surface area contributed by atoms with Gasteiger partial charge in [-0.15, -0.1) is 11.3 Å². The minimum Gasteiger partial charge on any atom is -0.476 e. The van der Waals surface area contributed by atoms with Gasteiger partial charge in [-0.2, -0.15) is 0 Å². The Labute approximate surface area is 203 Å². The number of hydrogen-bond donors (Lipinski definition) is 3. The van der Waals surface area contributed by atoms with Crippen molar-refractivity contribution in [3.05, 3.63) is 47.2 Å². The van der Waals surface area contributed by atoms with Gasteiger partial charge in [0.15, 0.2) is 0 Å². The van der Waals surface area contributed by atoms with Crippen molar-refractivity contribution in [1.29, 1.82) is 0 Å². The molecule has 1 aliphatic heterocycles. The zero-order chi connectivity index (χ0) is 23.9. The molecule has 10 heteroatoms. The van der Waals surface area contributed by atoms with Crippen LogP contribution in [0.25, 0.3) is 10.7 Å². The van der Waals surface area contributed by atoms with Crippen LogP contribution in [0, 0.1) is 5.92 Å². The van der Waals surface area contributed by atoms with Crippen molar-refractivity contribution in [2.75, 3.05) is 37.7 Å². The molecule has 3 aromatic heterocycles. The van der Waals surface area contributed by atoms with E-state index in [1.807, 2.05) is 31.3 Å². The molecule has 180 valence electrons. The van der Waals surface area contributed by atoms with Gasteiger partial charge in [0.05, 0.1) is 18.0 Å². The van der Waals surface area contributed by atoms with Gasteiger partial charge in [0.2, 0.25) is 5.88 Å². The highest BCUT2D eigenvalue weighted by atomic mass is 32.1. The molecule has 0 aliphatic carbocycles. The normalized spacial score (nSPS) is 14.7. The summed E-state index contributed by atoms with van der Waals surface area (Å²) in [6.07, 6.45) is 6.59. The largest absolute Gasteiger partial charge is 0.476 e. The monoisotopic (exact) mass is 481 g/mol. The zero-order valence-electron chi connectivity index (χ0n) is 19.4. The van der Waals surface area contributed by atoms with Crippen molar-refractivity contribution in [2.45, 2.75) is 32.7 Å². The predicted octanol–water partition coefficient (Wildman–Crippen LogP) is 3.20. The first kappa shape index (κ1) is 23.9. The van der Waals surface area contributed by atoms with Gasteiger partial charge in [-0.3, -0.25) is 14.7 Å². The first-order chi connectivity index (χ1) is 16.5. The number of rotatable bonds is 9. The SMILES string of the molecule is CCCOc1nc(C(=O)NCC2CCN(Cc3cnc(-c4ccccn4)s3)CC2)cc(N)c1N. The number of piperidine rings is 1. The van der Waals surface area contributed by atoms with Crippen LogP contribution in [0.3, 0.4) is 0 Å². The van der Waals surface area contributed by atoms with Gasteiger partial charge in [0.1, 0.15) is 16.4 Å². The van der Waals surface area contributed by atoms with Gasteiger partial charge >= 0.3 is 0 Å². The molecule has 4 rings (SSSR count). The molecular formula is C24H31N7O2S. The molecule has 5 N–H and O–H groups in total. The molecule has 0 atom stereocenters. The first-order valence-corrected chi connectivity index (χ1v) is 12.4. The summed E-state index contributed by atoms with van der Waals surface area (Å²) in [5, 5.41) is 3.95. The van der Waals surface area contributed by atoms with E-state index in [1.165, 1.54) is 10.9 Å². The fourth-order valence-corrected chi connectivity index (χ4v) is 4.79. The lowest BCUT2D eigenvalue weighted by Crippen LogP contribution is -2.38. The van der Waals surface area contributed by atoms with E-state index in [4.69, 9.17) is 16.2 Å². The maximum atomic E-state index is 12.7. The lowest BCUT2D eigenvalue weighted by Gasteiger charge is -2.31. The Bertz CT molecular complexity index is 1100. The number of aromatic nitrogens is 3. The molecule has 0 spiro atoms. The number of nitrogens with two attached hydrogens (primary N) is 2. The summed E-state index contributed by atoms with van der Waals surface area (Å²) in [6.45, 7) is 5.91. The fourth-order valence-electron chi connectivity index (χ4n) is 3.86. The van der Waals surface area contributed by atoms with E-state index >= 15 is 0 Å². The van der Waals surface area contributed by atoms with E-state index < -0.39 is 0 Å². The van der Waals surface area contributed by atoms with Gasteiger partial charge < -0.3 is 21.5 Å². The summed E-state index contributed by atoms with van der Waals surface area (Å²) in [4.78, 5) is 29.5. The smallest absolute Gasteiger partial charge is 0.270 e. The minimum atomic E-state index is -0.262. The van der Waals surface area contributed by atoms with Gasteiger partial charge in [0.25, 0.3) is 5.91 Å². The third-order valence-electron chi connectivity index (χ3n) is 5.81. The number of likely N-dealkylation sites (tertiary alicyclic amines) is 1. The Hall–Kier alpha value is -3.24. The van der Waals surface area contributed by atoms with E-state index in [0.29, 0.717) is 24.8 Å². The topological polar surface area (TPSA) is 132 Å². The molecule has 1 fully saturated rings. The second-order valence-corrected chi connectivity index (χ2v) is 9.56. The average molecular weight is 482 g/mol. The Morgan fingerprint density at radius 2 is 2.09 bits per heavy atom. The molecule has 1 saturated heterocycles. The number of carbonyl (C=O) groups is 1. The molecule has 1 amide bonds. The number of amides is 1. The van der Waals surface area contributed by atoms with Crippen molar-refractivity contribution in [3.63, 3.8) is 0 Å². The molecule has 0 radical (unpaired) electrons. The summed E-state index contributed by atoms with van der Waals surface area (Å²) in [7, 11) is 0. The van der Waals surface area contributed by atoms with E-state index in [9.17, 15) is 4.79 Å². The molecule has 4 heterocycles. The van der Waals surface area contributed by atoms with Crippen molar-refractivity contribution < 1.29 is 9.53 Å². The molecule has 3 aromatic rings. The molecular weight excluding hydrogens is 450 g/mol. The van der Waals surface area contributed by atoms with Crippen molar-refractivity contribution >= 4 is 28.6 Å². The van der Waals surface area contributed by atoms with Crippen LogP contribution in [0.1, 0.15) is 41.6 Å². The number of anilines is 2. The highest BCUT2D eigenvalue weighted by Crippen LogP contribution is 2.27. The summed E-state index contributed by atoms with van der Waals surface area (Å²) >= 11 is 1.69. The molecule has 0 aromatic carbocycles. The third-order valence-corrected chi connectivity index (χ3v) is 6.81. The van der Waals surface area contributed by atoms with Crippen LogP contribution in [0.4, 0.5) is 11.4 Å². The third kappa shape index (κ3) is 6.00. The molecule has 9 nitrogen and oxygen atoms in total. The zero-order valence-corrected chi connectivity index (χ0v) is 20.2. The fraction of sp³-hybridized carbons (Fsp3) is 0.417. The van der Waals surface area contributed by atoms with Crippen molar-refractivity contribution in [2.24, 2.45) is 5.92 Å². The molecule has 0 unspecified atom stereocenters. The lowest BCUT2D eigenvalue weighted by atomic mass is 9.96. The van der Waals surface area contributed by atoms with E-state index in [0.717, 1.165) is 49.6 Å². The first-order valence-electron chi connectivity index (χ1n) is 11.6. The maximum absolute atomic E-state index is 12.7. The van der Waals surface area contributed by atoms with Crippen molar-refractivity contribution in [1.82, 2.24) is 25.2 Å². The lowest BCUT2D eigenvalue weighted by molar-refractivity contribution is 0.0929. The number of carbonyl (C=O) groups excluding carboxylic acids is 1. The van der Waals surface area contributed by atoms with Crippen LogP contribution in [0.5, 0.6) is 5.88 Å². The molecule has 0 bridgehead atoms. The minimum absolute atomic E-state index is 0.217. The van der Waals surface area contributed by atoms with Crippen LogP contribution >= 0.6 is 11.3 Å².